The Kier molecular flexibility index (Phi) is 5.77. The standard InChI is InChI=1S/C17H22N4O2S/c1-2-3-10-22-14-8-6-13(7-9-14)12-18-21-16(19-20-17(21)24)15-5-4-11-23-15/h6-9,12,15H,2-5,10-11H2,1H3,(H,20,24)/b18-12-. The quantitative estimate of drug-likeness (QED) is 0.470. The first-order chi connectivity index (χ1) is 11.8. The second-order valence-electron chi connectivity index (χ2n) is 5.72. The van der Waals surface area contributed by atoms with E-state index in [9.17, 15) is 0 Å². The van der Waals surface area contributed by atoms with Gasteiger partial charge in [0.2, 0.25) is 4.77 Å². The van der Waals surface area contributed by atoms with Crippen molar-refractivity contribution in [1.82, 2.24) is 14.9 Å². The highest BCUT2D eigenvalue weighted by molar-refractivity contribution is 7.71. The van der Waals surface area contributed by atoms with Crippen LogP contribution in [0.4, 0.5) is 0 Å². The zero-order valence-corrected chi connectivity index (χ0v) is 14.6. The van der Waals surface area contributed by atoms with E-state index in [2.05, 4.69) is 22.2 Å². The van der Waals surface area contributed by atoms with Crippen LogP contribution in [0, 0.1) is 4.77 Å². The second kappa shape index (κ2) is 8.21. The average molecular weight is 346 g/mol. The smallest absolute Gasteiger partial charge is 0.216 e. The Morgan fingerprint density at radius 3 is 3.00 bits per heavy atom. The van der Waals surface area contributed by atoms with Gasteiger partial charge >= 0.3 is 0 Å². The number of unbranched alkanes of at least 4 members (excludes halogenated alkanes) is 1. The monoisotopic (exact) mass is 346 g/mol. The zero-order valence-electron chi connectivity index (χ0n) is 13.8. The molecule has 1 aromatic carbocycles. The van der Waals surface area contributed by atoms with Crippen LogP contribution in [0.15, 0.2) is 29.4 Å². The van der Waals surface area contributed by atoms with Crippen LogP contribution in [0.5, 0.6) is 5.75 Å². The summed E-state index contributed by atoms with van der Waals surface area (Å²) in [6, 6.07) is 7.85. The molecule has 0 spiro atoms. The summed E-state index contributed by atoms with van der Waals surface area (Å²) in [7, 11) is 0. The van der Waals surface area contributed by atoms with Gasteiger partial charge in [-0.1, -0.05) is 13.3 Å². The van der Waals surface area contributed by atoms with Gasteiger partial charge in [0.15, 0.2) is 5.82 Å². The summed E-state index contributed by atoms with van der Waals surface area (Å²) >= 11 is 5.26. The van der Waals surface area contributed by atoms with E-state index in [-0.39, 0.29) is 6.10 Å². The van der Waals surface area contributed by atoms with Gasteiger partial charge in [-0.2, -0.15) is 14.9 Å². The van der Waals surface area contributed by atoms with E-state index in [0.717, 1.165) is 56.0 Å². The van der Waals surface area contributed by atoms with Crippen LogP contribution in [0.1, 0.15) is 50.1 Å². The van der Waals surface area contributed by atoms with Gasteiger partial charge in [0, 0.05) is 6.61 Å². The van der Waals surface area contributed by atoms with Gasteiger partial charge in [0.25, 0.3) is 0 Å². The summed E-state index contributed by atoms with van der Waals surface area (Å²) in [5.41, 5.74) is 0.972. The van der Waals surface area contributed by atoms with E-state index >= 15 is 0 Å². The molecule has 1 unspecified atom stereocenters. The van der Waals surface area contributed by atoms with E-state index < -0.39 is 0 Å². The normalized spacial score (nSPS) is 17.6. The van der Waals surface area contributed by atoms with Crippen LogP contribution in [0.2, 0.25) is 0 Å². The predicted octanol–water partition coefficient (Wildman–Crippen LogP) is 3.85. The Labute approximate surface area is 146 Å². The molecule has 24 heavy (non-hydrogen) atoms. The first-order valence-corrected chi connectivity index (χ1v) is 8.75. The maximum atomic E-state index is 5.67. The van der Waals surface area contributed by atoms with E-state index in [1.54, 1.807) is 10.9 Å². The molecule has 1 aliphatic rings. The number of hydrogen-bond acceptors (Lipinski definition) is 5. The Balaban J connectivity index is 1.69. The SMILES string of the molecule is CCCCOc1ccc(/C=N\n2c(C3CCCO3)n[nH]c2=S)cc1. The number of aromatic nitrogens is 3. The lowest BCUT2D eigenvalue weighted by Gasteiger charge is -2.07. The molecule has 1 aliphatic heterocycles. The number of ether oxygens (including phenoxy) is 2. The van der Waals surface area contributed by atoms with Crippen molar-refractivity contribution in [1.29, 1.82) is 0 Å². The molecular formula is C17H22N4O2S. The van der Waals surface area contributed by atoms with Gasteiger partial charge in [0.05, 0.1) is 12.8 Å². The molecule has 1 fully saturated rings. The number of H-pyrrole nitrogens is 1. The van der Waals surface area contributed by atoms with Gasteiger partial charge in [-0.25, -0.2) is 0 Å². The van der Waals surface area contributed by atoms with E-state index in [0.29, 0.717) is 4.77 Å². The highest BCUT2D eigenvalue weighted by atomic mass is 32.1. The number of aromatic amines is 1. The molecule has 0 aliphatic carbocycles. The van der Waals surface area contributed by atoms with Crippen molar-refractivity contribution < 1.29 is 9.47 Å². The molecule has 0 radical (unpaired) electrons. The first kappa shape index (κ1) is 16.9. The highest BCUT2D eigenvalue weighted by Crippen LogP contribution is 2.26. The highest BCUT2D eigenvalue weighted by Gasteiger charge is 2.23. The van der Waals surface area contributed by atoms with Gasteiger partial charge in [0.1, 0.15) is 11.9 Å². The molecule has 0 saturated carbocycles. The molecule has 3 rings (SSSR count). The molecule has 7 heteroatoms. The second-order valence-corrected chi connectivity index (χ2v) is 6.10. The van der Waals surface area contributed by atoms with E-state index in [1.807, 2.05) is 24.3 Å². The van der Waals surface area contributed by atoms with Crippen LogP contribution in [0.3, 0.4) is 0 Å². The molecule has 6 nitrogen and oxygen atoms in total. The van der Waals surface area contributed by atoms with Crippen molar-refractivity contribution in [2.75, 3.05) is 13.2 Å². The number of hydrogen-bond donors (Lipinski definition) is 1. The fraction of sp³-hybridized carbons (Fsp3) is 0.471. The van der Waals surface area contributed by atoms with Crippen LogP contribution in [0.25, 0.3) is 0 Å². The van der Waals surface area contributed by atoms with Crippen molar-refractivity contribution >= 4 is 18.4 Å². The molecule has 0 bridgehead atoms. The van der Waals surface area contributed by atoms with Crippen molar-refractivity contribution in [3.63, 3.8) is 0 Å². The molecular weight excluding hydrogens is 324 g/mol. The lowest BCUT2D eigenvalue weighted by atomic mass is 10.2. The summed E-state index contributed by atoms with van der Waals surface area (Å²) in [4.78, 5) is 0. The van der Waals surface area contributed by atoms with Crippen molar-refractivity contribution in [2.24, 2.45) is 5.10 Å². The van der Waals surface area contributed by atoms with E-state index in [4.69, 9.17) is 21.7 Å². The molecule has 2 heterocycles. The molecule has 128 valence electrons. The van der Waals surface area contributed by atoms with Crippen LogP contribution in [-0.4, -0.2) is 34.3 Å². The molecule has 1 N–H and O–H groups in total. The Morgan fingerprint density at radius 1 is 1.46 bits per heavy atom. The third-order valence-electron chi connectivity index (χ3n) is 3.86. The summed E-state index contributed by atoms with van der Waals surface area (Å²) in [6.45, 7) is 3.65. The molecule has 2 aromatic rings. The fourth-order valence-corrected chi connectivity index (χ4v) is 2.70. The Bertz CT molecular complexity index is 730. The average Bonchev–Trinajstić information content (AvgIpc) is 3.24. The fourth-order valence-electron chi connectivity index (χ4n) is 2.51. The Morgan fingerprint density at radius 2 is 2.29 bits per heavy atom. The minimum absolute atomic E-state index is 0.0376. The maximum absolute atomic E-state index is 5.67. The minimum atomic E-state index is -0.0376. The topological polar surface area (TPSA) is 64.4 Å². The summed E-state index contributed by atoms with van der Waals surface area (Å²) in [5.74, 6) is 1.61. The van der Waals surface area contributed by atoms with Crippen molar-refractivity contribution in [3.8, 4) is 5.75 Å². The van der Waals surface area contributed by atoms with Crippen molar-refractivity contribution in [2.45, 2.75) is 38.7 Å². The minimum Gasteiger partial charge on any atom is -0.494 e. The lowest BCUT2D eigenvalue weighted by Crippen LogP contribution is -2.05. The van der Waals surface area contributed by atoms with Gasteiger partial charge in [-0.15, -0.1) is 0 Å². The van der Waals surface area contributed by atoms with Crippen LogP contribution >= 0.6 is 12.2 Å². The summed E-state index contributed by atoms with van der Waals surface area (Å²) in [6.07, 6.45) is 5.90. The van der Waals surface area contributed by atoms with Gasteiger partial charge < -0.3 is 9.47 Å². The zero-order chi connectivity index (χ0) is 16.8. The number of rotatable bonds is 7. The van der Waals surface area contributed by atoms with Crippen molar-refractivity contribution in [3.05, 3.63) is 40.4 Å². The predicted molar refractivity (Wildman–Crippen MR) is 95.2 cm³/mol. The van der Waals surface area contributed by atoms with Gasteiger partial charge in [-0.3, -0.25) is 5.10 Å². The number of nitrogens with zero attached hydrogens (tertiary/aromatic N) is 3. The largest absolute Gasteiger partial charge is 0.494 e. The first-order valence-electron chi connectivity index (χ1n) is 8.34. The molecule has 1 atom stereocenters. The van der Waals surface area contributed by atoms with Crippen LogP contribution < -0.4 is 4.74 Å². The molecule has 1 saturated heterocycles. The third-order valence-corrected chi connectivity index (χ3v) is 4.13. The summed E-state index contributed by atoms with van der Waals surface area (Å²) in [5, 5.41) is 11.5. The maximum Gasteiger partial charge on any atom is 0.216 e. The van der Waals surface area contributed by atoms with E-state index in [1.165, 1.54) is 0 Å². The molecule has 1 aromatic heterocycles. The Hall–Kier alpha value is -1.99. The van der Waals surface area contributed by atoms with Crippen LogP contribution in [-0.2, 0) is 4.74 Å². The summed E-state index contributed by atoms with van der Waals surface area (Å²) < 4.78 is 13.4. The number of nitrogens with one attached hydrogen (secondary N) is 1. The number of benzene rings is 1. The molecule has 0 amide bonds. The lowest BCUT2D eigenvalue weighted by molar-refractivity contribution is 0.102. The third kappa shape index (κ3) is 4.10. The van der Waals surface area contributed by atoms with Gasteiger partial charge in [-0.05, 0) is 61.3 Å².